The van der Waals surface area contributed by atoms with Crippen LogP contribution in [0.15, 0.2) is 0 Å². The zero-order chi connectivity index (χ0) is 13.4. The first kappa shape index (κ1) is 14.5. The van der Waals surface area contributed by atoms with E-state index >= 15 is 0 Å². The molecule has 0 N–H and O–H groups in total. The molecule has 0 spiro atoms. The maximum Gasteiger partial charge on any atom is 0.0832 e. The van der Waals surface area contributed by atoms with Crippen LogP contribution in [0.5, 0.6) is 0 Å². The van der Waals surface area contributed by atoms with E-state index in [1.807, 2.05) is 0 Å². The van der Waals surface area contributed by atoms with E-state index in [0.29, 0.717) is 6.17 Å². The normalized spacial score (nSPS) is 28.7. The van der Waals surface area contributed by atoms with Gasteiger partial charge in [-0.15, -0.1) is 0 Å². The van der Waals surface area contributed by atoms with Crippen LogP contribution in [0.4, 0.5) is 0 Å². The van der Waals surface area contributed by atoms with Crippen molar-refractivity contribution in [2.45, 2.75) is 64.4 Å². The van der Waals surface area contributed by atoms with Crippen LogP contribution < -0.4 is 0 Å². The van der Waals surface area contributed by atoms with E-state index in [1.165, 1.54) is 45.2 Å². The number of hydrogen-bond donors (Lipinski definition) is 0. The molecule has 2 heterocycles. The molecule has 2 saturated heterocycles. The Morgan fingerprint density at radius 1 is 0.889 bits per heavy atom. The van der Waals surface area contributed by atoms with Gasteiger partial charge in [0.25, 0.3) is 0 Å². The van der Waals surface area contributed by atoms with Crippen LogP contribution in [0.3, 0.4) is 0 Å². The molecule has 1 unspecified atom stereocenters. The highest BCUT2D eigenvalue weighted by molar-refractivity contribution is 6.40. The van der Waals surface area contributed by atoms with E-state index in [0.717, 1.165) is 6.54 Å². The number of rotatable bonds is 1. The summed E-state index contributed by atoms with van der Waals surface area (Å²) in [6, 6.07) is 0. The number of nitrogens with zero attached hydrogens (tertiary/aromatic N) is 2. The SMILES string of the molecule is [B]C([B])(N1CCCN2CCCCCC21)C(C)(C)C. The van der Waals surface area contributed by atoms with E-state index < -0.39 is 5.34 Å². The fourth-order valence-corrected chi connectivity index (χ4v) is 3.22. The zero-order valence-corrected chi connectivity index (χ0v) is 12.3. The predicted octanol–water partition coefficient (Wildman–Crippen LogP) is 1.93. The monoisotopic (exact) mass is 244 g/mol. The smallest absolute Gasteiger partial charge is 0.0832 e. The number of hydrogen-bond acceptors (Lipinski definition) is 2. The second kappa shape index (κ2) is 5.20. The van der Waals surface area contributed by atoms with E-state index in [-0.39, 0.29) is 5.41 Å². The predicted molar refractivity (Wildman–Crippen MR) is 78.8 cm³/mol. The molecule has 0 aromatic carbocycles. The lowest BCUT2D eigenvalue weighted by molar-refractivity contribution is -0.0414. The summed E-state index contributed by atoms with van der Waals surface area (Å²) >= 11 is 0. The van der Waals surface area contributed by atoms with Crippen molar-refractivity contribution in [2.24, 2.45) is 5.41 Å². The van der Waals surface area contributed by atoms with Crippen LogP contribution in [0.2, 0.25) is 0 Å². The summed E-state index contributed by atoms with van der Waals surface area (Å²) in [4.78, 5) is 4.96. The third-order valence-corrected chi connectivity index (χ3v) is 4.71. The Morgan fingerprint density at radius 2 is 1.56 bits per heavy atom. The molecule has 0 amide bonds. The standard InChI is InChI=1S/C14H26B2N2/c1-13(2,3)14(15,16)18-11-7-10-17-9-6-4-5-8-12(17)18/h12H,4-11H2,1-3H3. The lowest BCUT2D eigenvalue weighted by Crippen LogP contribution is -2.67. The third kappa shape index (κ3) is 2.65. The summed E-state index contributed by atoms with van der Waals surface area (Å²) in [5.74, 6) is 0. The van der Waals surface area contributed by atoms with Crippen LogP contribution in [-0.2, 0) is 0 Å². The minimum atomic E-state index is -0.722. The summed E-state index contributed by atoms with van der Waals surface area (Å²) in [7, 11) is 13.0. The molecule has 0 aliphatic carbocycles. The highest BCUT2D eigenvalue weighted by atomic mass is 15.4. The largest absolute Gasteiger partial charge is 0.299 e. The molecule has 0 saturated carbocycles. The second-order valence-corrected chi connectivity index (χ2v) is 6.99. The van der Waals surface area contributed by atoms with Crippen LogP contribution in [0.1, 0.15) is 52.9 Å². The molecule has 1 atom stereocenters. The van der Waals surface area contributed by atoms with Crippen molar-refractivity contribution in [2.75, 3.05) is 19.6 Å². The van der Waals surface area contributed by atoms with Gasteiger partial charge < -0.3 is 0 Å². The average Bonchev–Trinajstić information content (AvgIpc) is 2.51. The minimum Gasteiger partial charge on any atom is -0.299 e. The van der Waals surface area contributed by atoms with Crippen molar-refractivity contribution in [1.82, 2.24) is 9.80 Å². The van der Waals surface area contributed by atoms with Crippen molar-refractivity contribution in [1.29, 1.82) is 0 Å². The fraction of sp³-hybridized carbons (Fsp3) is 1.00. The molecular formula is C14H26B2N2. The molecular weight excluding hydrogens is 218 g/mol. The van der Waals surface area contributed by atoms with Crippen molar-refractivity contribution in [3.05, 3.63) is 0 Å². The van der Waals surface area contributed by atoms with Gasteiger partial charge in [0.05, 0.1) is 21.9 Å². The summed E-state index contributed by atoms with van der Waals surface area (Å²) < 4.78 is 0. The second-order valence-electron chi connectivity index (χ2n) is 6.99. The molecule has 2 fully saturated rings. The topological polar surface area (TPSA) is 6.48 Å². The van der Waals surface area contributed by atoms with Crippen LogP contribution in [-0.4, -0.2) is 56.6 Å². The molecule has 0 aromatic rings. The van der Waals surface area contributed by atoms with Crippen molar-refractivity contribution < 1.29 is 0 Å². The van der Waals surface area contributed by atoms with Gasteiger partial charge in [0.2, 0.25) is 0 Å². The lowest BCUT2D eigenvalue weighted by Gasteiger charge is -2.56. The Labute approximate surface area is 115 Å². The van der Waals surface area contributed by atoms with Gasteiger partial charge in [-0.3, -0.25) is 9.80 Å². The van der Waals surface area contributed by atoms with Gasteiger partial charge in [-0.2, -0.15) is 0 Å². The zero-order valence-electron chi connectivity index (χ0n) is 12.3. The van der Waals surface area contributed by atoms with Gasteiger partial charge in [0.1, 0.15) is 0 Å². The Balaban J connectivity index is 2.20. The fourth-order valence-electron chi connectivity index (χ4n) is 3.22. The van der Waals surface area contributed by atoms with Crippen molar-refractivity contribution >= 4 is 15.7 Å². The van der Waals surface area contributed by atoms with Crippen molar-refractivity contribution in [3.63, 3.8) is 0 Å². The quantitative estimate of drug-likeness (QED) is 0.650. The molecule has 4 radical (unpaired) electrons. The Morgan fingerprint density at radius 3 is 2.22 bits per heavy atom. The molecule has 0 bridgehead atoms. The molecule has 2 aliphatic heterocycles. The maximum atomic E-state index is 6.50. The first-order valence-corrected chi connectivity index (χ1v) is 7.42. The first-order chi connectivity index (χ1) is 8.34. The van der Waals surface area contributed by atoms with Gasteiger partial charge in [-0.25, -0.2) is 0 Å². The minimum absolute atomic E-state index is 0.109. The van der Waals surface area contributed by atoms with E-state index in [2.05, 4.69) is 30.6 Å². The summed E-state index contributed by atoms with van der Waals surface area (Å²) in [5.41, 5.74) is -0.109. The molecule has 0 aromatic heterocycles. The highest BCUT2D eigenvalue weighted by Crippen LogP contribution is 2.36. The molecule has 2 rings (SSSR count). The Bertz CT molecular complexity index is 286. The van der Waals surface area contributed by atoms with Crippen LogP contribution in [0.25, 0.3) is 0 Å². The maximum absolute atomic E-state index is 6.50. The van der Waals surface area contributed by atoms with Crippen molar-refractivity contribution in [3.8, 4) is 0 Å². The van der Waals surface area contributed by atoms with Gasteiger partial charge in [-0.1, -0.05) is 33.6 Å². The van der Waals surface area contributed by atoms with E-state index in [1.54, 1.807) is 0 Å². The van der Waals surface area contributed by atoms with Crippen LogP contribution >= 0.6 is 0 Å². The molecule has 18 heavy (non-hydrogen) atoms. The Hall–Kier alpha value is 0.0499. The third-order valence-electron chi connectivity index (χ3n) is 4.71. The van der Waals surface area contributed by atoms with Gasteiger partial charge in [-0.05, 0) is 43.1 Å². The number of fused-ring (bicyclic) bond motifs is 1. The van der Waals surface area contributed by atoms with Gasteiger partial charge >= 0.3 is 0 Å². The lowest BCUT2D eigenvalue weighted by atomic mass is 9.48. The first-order valence-electron chi connectivity index (χ1n) is 7.42. The average molecular weight is 244 g/mol. The Kier molecular flexibility index (Phi) is 4.18. The van der Waals surface area contributed by atoms with E-state index in [4.69, 9.17) is 15.7 Å². The molecule has 2 aliphatic rings. The summed E-state index contributed by atoms with van der Waals surface area (Å²) in [6.07, 6.45) is 6.82. The molecule has 98 valence electrons. The highest BCUT2D eigenvalue weighted by Gasteiger charge is 2.43. The van der Waals surface area contributed by atoms with Gasteiger partial charge in [0.15, 0.2) is 0 Å². The molecule has 4 heteroatoms. The van der Waals surface area contributed by atoms with E-state index in [9.17, 15) is 0 Å². The molecule has 2 nitrogen and oxygen atoms in total. The van der Waals surface area contributed by atoms with Crippen LogP contribution in [0, 0.1) is 5.41 Å². The van der Waals surface area contributed by atoms with Gasteiger partial charge in [0, 0.05) is 6.54 Å². The summed E-state index contributed by atoms with van der Waals surface area (Å²) in [5, 5.41) is -0.722. The summed E-state index contributed by atoms with van der Waals surface area (Å²) in [6.45, 7) is 9.88.